The molecule has 0 spiro atoms. The third kappa shape index (κ3) is 4.27. The number of alkyl carbamates (subject to hydrolysis) is 1. The van der Waals surface area contributed by atoms with Crippen molar-refractivity contribution in [1.82, 2.24) is 10.2 Å². The van der Waals surface area contributed by atoms with Gasteiger partial charge >= 0.3 is 12.1 Å². The summed E-state index contributed by atoms with van der Waals surface area (Å²) in [5.74, 6) is -1.31. The Morgan fingerprint density at radius 3 is 2.32 bits per heavy atom. The number of nitrogens with zero attached hydrogens (tertiary/aromatic N) is 1. The summed E-state index contributed by atoms with van der Waals surface area (Å²) in [5, 5.41) is 12.2. The fraction of sp³-hybridized carbons (Fsp3) is 0.444. The summed E-state index contributed by atoms with van der Waals surface area (Å²) < 4.78 is 5.57. The van der Waals surface area contributed by atoms with Gasteiger partial charge in [0.15, 0.2) is 0 Å². The molecule has 0 aromatic heterocycles. The van der Waals surface area contributed by atoms with E-state index in [0.717, 1.165) is 0 Å². The lowest BCUT2D eigenvalue weighted by molar-refractivity contribution is -0.148. The monoisotopic (exact) mass is 462 g/mol. The molecular weight excluding hydrogens is 432 g/mol. The number of rotatable bonds is 6. The van der Waals surface area contributed by atoms with Gasteiger partial charge < -0.3 is 20.1 Å². The highest BCUT2D eigenvalue weighted by molar-refractivity contribution is 5.83. The topological polar surface area (TPSA) is 95.9 Å². The molecular formula is C27H30N2O5. The van der Waals surface area contributed by atoms with E-state index >= 15 is 0 Å². The second kappa shape index (κ2) is 9.12. The van der Waals surface area contributed by atoms with Crippen LogP contribution in [-0.2, 0) is 14.3 Å². The van der Waals surface area contributed by atoms with Gasteiger partial charge in [-0.2, -0.15) is 0 Å². The van der Waals surface area contributed by atoms with Crippen LogP contribution in [0.25, 0.3) is 11.1 Å². The van der Waals surface area contributed by atoms with Gasteiger partial charge in [-0.05, 0) is 46.9 Å². The molecule has 1 heterocycles. The summed E-state index contributed by atoms with van der Waals surface area (Å²) >= 11 is 0. The Balaban J connectivity index is 1.10. The molecule has 1 saturated heterocycles. The van der Waals surface area contributed by atoms with Gasteiger partial charge in [-0.1, -0.05) is 55.5 Å². The highest BCUT2D eigenvalue weighted by Crippen LogP contribution is 2.44. The van der Waals surface area contributed by atoms with Gasteiger partial charge in [0.05, 0.1) is 5.92 Å². The Bertz CT molecular complexity index is 1070. The molecule has 34 heavy (non-hydrogen) atoms. The van der Waals surface area contributed by atoms with Crippen molar-refractivity contribution in [2.24, 2.45) is 23.7 Å². The first-order chi connectivity index (χ1) is 16.4. The van der Waals surface area contributed by atoms with Crippen LogP contribution in [0.3, 0.4) is 0 Å². The molecule has 2 aromatic carbocycles. The van der Waals surface area contributed by atoms with Crippen LogP contribution >= 0.6 is 0 Å². The summed E-state index contributed by atoms with van der Waals surface area (Å²) in [6.07, 6.45) is 0.947. The number of amides is 2. The summed E-state index contributed by atoms with van der Waals surface area (Å²) in [6.45, 7) is 3.46. The minimum absolute atomic E-state index is 0.0112. The van der Waals surface area contributed by atoms with Crippen molar-refractivity contribution in [1.29, 1.82) is 0 Å². The van der Waals surface area contributed by atoms with E-state index in [1.54, 1.807) is 4.90 Å². The number of hydrogen-bond acceptors (Lipinski definition) is 4. The summed E-state index contributed by atoms with van der Waals surface area (Å²) in [6, 6.07) is 16.4. The molecule has 1 saturated carbocycles. The Hall–Kier alpha value is -3.35. The summed E-state index contributed by atoms with van der Waals surface area (Å²) in [5.41, 5.74) is 4.70. The number of hydrogen-bond donors (Lipinski definition) is 2. The molecule has 4 unspecified atom stereocenters. The van der Waals surface area contributed by atoms with Gasteiger partial charge in [-0.25, -0.2) is 4.79 Å². The van der Waals surface area contributed by atoms with Gasteiger partial charge in [0.2, 0.25) is 5.91 Å². The lowest BCUT2D eigenvalue weighted by atomic mass is 9.87. The maximum atomic E-state index is 12.8. The van der Waals surface area contributed by atoms with Crippen molar-refractivity contribution in [3.63, 3.8) is 0 Å². The fourth-order valence-corrected chi connectivity index (χ4v) is 5.46. The number of aliphatic carboxylic acids is 1. The third-order valence-electron chi connectivity index (χ3n) is 7.68. The number of benzene rings is 2. The van der Waals surface area contributed by atoms with E-state index in [1.807, 2.05) is 31.2 Å². The first-order valence-electron chi connectivity index (χ1n) is 12.0. The molecule has 2 aromatic rings. The van der Waals surface area contributed by atoms with Crippen molar-refractivity contribution >= 4 is 18.0 Å². The molecule has 3 aliphatic rings. The van der Waals surface area contributed by atoms with Gasteiger partial charge in [0, 0.05) is 31.5 Å². The van der Waals surface area contributed by atoms with E-state index in [-0.39, 0.29) is 42.7 Å². The van der Waals surface area contributed by atoms with Crippen molar-refractivity contribution in [3.8, 4) is 11.1 Å². The normalized spacial score (nSPS) is 25.3. The van der Waals surface area contributed by atoms with Crippen molar-refractivity contribution in [2.75, 3.05) is 26.2 Å². The number of carbonyl (C=O) groups excluding carboxylic acids is 2. The number of fused-ring (bicyclic) bond motifs is 3. The number of likely N-dealkylation sites (tertiary alicyclic amines) is 1. The van der Waals surface area contributed by atoms with Gasteiger partial charge in [-0.3, -0.25) is 9.59 Å². The zero-order valence-electron chi connectivity index (χ0n) is 19.3. The van der Waals surface area contributed by atoms with Crippen molar-refractivity contribution in [2.45, 2.75) is 25.7 Å². The number of piperidine rings is 1. The molecule has 0 radical (unpaired) electrons. The first-order valence-corrected chi connectivity index (χ1v) is 12.0. The second-order valence-corrected chi connectivity index (χ2v) is 9.80. The smallest absolute Gasteiger partial charge is 0.407 e. The molecule has 2 aliphatic carbocycles. The predicted molar refractivity (Wildman–Crippen MR) is 126 cm³/mol. The van der Waals surface area contributed by atoms with E-state index in [9.17, 15) is 19.5 Å². The van der Waals surface area contributed by atoms with Crippen LogP contribution in [0.1, 0.15) is 36.8 Å². The molecule has 178 valence electrons. The van der Waals surface area contributed by atoms with Crippen LogP contribution in [0.4, 0.5) is 4.79 Å². The zero-order valence-corrected chi connectivity index (χ0v) is 19.3. The predicted octanol–water partition coefficient (Wildman–Crippen LogP) is 3.73. The summed E-state index contributed by atoms with van der Waals surface area (Å²) in [7, 11) is 0. The van der Waals surface area contributed by atoms with E-state index in [4.69, 9.17) is 4.74 Å². The van der Waals surface area contributed by atoms with Crippen molar-refractivity contribution < 1.29 is 24.2 Å². The molecule has 2 amide bonds. The third-order valence-corrected chi connectivity index (χ3v) is 7.68. The summed E-state index contributed by atoms with van der Waals surface area (Å²) in [4.78, 5) is 38.4. The Kier molecular flexibility index (Phi) is 6.02. The first kappa shape index (κ1) is 22.4. The lowest BCUT2D eigenvalue weighted by Crippen LogP contribution is -2.46. The lowest BCUT2D eigenvalue weighted by Gasteiger charge is -2.35. The minimum atomic E-state index is -0.839. The van der Waals surface area contributed by atoms with Crippen LogP contribution in [0, 0.1) is 23.7 Å². The Morgan fingerprint density at radius 2 is 1.68 bits per heavy atom. The SMILES string of the molecule is CC1CCN(C(=O)C2CC2CNC(=O)OCC2c3ccccc3-c3ccccc32)CC1C(=O)O. The highest BCUT2D eigenvalue weighted by Gasteiger charge is 2.46. The molecule has 7 heteroatoms. The maximum Gasteiger partial charge on any atom is 0.407 e. The average Bonchev–Trinajstić information content (AvgIpc) is 3.56. The van der Waals surface area contributed by atoms with Crippen molar-refractivity contribution in [3.05, 3.63) is 59.7 Å². The van der Waals surface area contributed by atoms with E-state index < -0.39 is 18.0 Å². The second-order valence-electron chi connectivity index (χ2n) is 9.80. The molecule has 1 aliphatic heterocycles. The van der Waals surface area contributed by atoms with E-state index in [1.165, 1.54) is 22.3 Å². The van der Waals surface area contributed by atoms with E-state index in [0.29, 0.717) is 25.9 Å². The molecule has 0 bridgehead atoms. The van der Waals surface area contributed by atoms with Crippen LogP contribution in [-0.4, -0.2) is 54.2 Å². The number of carbonyl (C=O) groups is 3. The molecule has 4 atom stereocenters. The van der Waals surface area contributed by atoms with E-state index in [2.05, 4.69) is 29.6 Å². The standard InChI is InChI=1S/C27H30N2O5/c1-16-10-11-29(14-23(16)26(31)32)25(30)22-12-17(22)13-28-27(33)34-15-24-20-8-4-2-6-18(20)19-7-3-5-9-21(19)24/h2-9,16-17,22-24H,10-15H2,1H3,(H,28,33)(H,31,32). The largest absolute Gasteiger partial charge is 0.481 e. The molecule has 7 nitrogen and oxygen atoms in total. The minimum Gasteiger partial charge on any atom is -0.481 e. The molecule has 2 N–H and O–H groups in total. The number of nitrogens with one attached hydrogen (secondary N) is 1. The molecule has 5 rings (SSSR count). The van der Waals surface area contributed by atoms with Crippen LogP contribution < -0.4 is 5.32 Å². The fourth-order valence-electron chi connectivity index (χ4n) is 5.46. The quantitative estimate of drug-likeness (QED) is 0.682. The number of ether oxygens (including phenoxy) is 1. The van der Waals surface area contributed by atoms with Gasteiger partial charge in [0.25, 0.3) is 0 Å². The Morgan fingerprint density at radius 1 is 1.03 bits per heavy atom. The van der Waals surface area contributed by atoms with Crippen LogP contribution in [0.15, 0.2) is 48.5 Å². The Labute approximate surface area is 199 Å². The molecule has 2 fully saturated rings. The average molecular weight is 463 g/mol. The number of carboxylic acid groups (broad SMARTS) is 1. The highest BCUT2D eigenvalue weighted by atomic mass is 16.5. The number of carboxylic acids is 1. The van der Waals surface area contributed by atoms with Crippen LogP contribution in [0.5, 0.6) is 0 Å². The van der Waals surface area contributed by atoms with Gasteiger partial charge in [0.1, 0.15) is 6.61 Å². The zero-order chi connectivity index (χ0) is 23.8. The maximum absolute atomic E-state index is 12.8. The van der Waals surface area contributed by atoms with Gasteiger partial charge in [-0.15, -0.1) is 0 Å². The van der Waals surface area contributed by atoms with Crippen LogP contribution in [0.2, 0.25) is 0 Å².